The summed E-state index contributed by atoms with van der Waals surface area (Å²) in [6, 6.07) is 9.01. The molecule has 1 amide bonds. The Morgan fingerprint density at radius 3 is 2.43 bits per heavy atom. The molecule has 0 aliphatic rings. The summed E-state index contributed by atoms with van der Waals surface area (Å²) in [5.74, 6) is -0.474. The van der Waals surface area contributed by atoms with Gasteiger partial charge >= 0.3 is 7.12 Å². The number of anilines is 1. The van der Waals surface area contributed by atoms with Gasteiger partial charge in [-0.15, -0.1) is 0 Å². The van der Waals surface area contributed by atoms with Crippen molar-refractivity contribution in [2.45, 2.75) is 0 Å². The first-order valence-corrected chi connectivity index (χ1v) is 6.94. The zero-order valence-corrected chi connectivity index (χ0v) is 12.7. The number of hydrogen-bond acceptors (Lipinski definition) is 3. The third kappa shape index (κ3) is 3.70. The molecule has 0 bridgehead atoms. The van der Waals surface area contributed by atoms with Gasteiger partial charge in [-0.1, -0.05) is 40.9 Å². The van der Waals surface area contributed by atoms with Gasteiger partial charge in [0.15, 0.2) is 0 Å². The van der Waals surface area contributed by atoms with E-state index in [1.54, 1.807) is 18.2 Å². The van der Waals surface area contributed by atoms with Crippen molar-refractivity contribution in [2.75, 3.05) is 5.32 Å². The molecule has 8 heteroatoms. The summed E-state index contributed by atoms with van der Waals surface area (Å²) in [5.41, 5.74) is 0.607. The van der Waals surface area contributed by atoms with Gasteiger partial charge in [0.2, 0.25) is 0 Å². The van der Waals surface area contributed by atoms with Crippen LogP contribution >= 0.6 is 34.8 Å². The highest BCUT2D eigenvalue weighted by Gasteiger charge is 2.18. The second kappa shape index (κ2) is 6.68. The summed E-state index contributed by atoms with van der Waals surface area (Å²) < 4.78 is 0. The van der Waals surface area contributed by atoms with Crippen LogP contribution in [0.1, 0.15) is 10.4 Å². The maximum absolute atomic E-state index is 12.1. The maximum Gasteiger partial charge on any atom is 0.489 e. The van der Waals surface area contributed by atoms with Gasteiger partial charge < -0.3 is 15.4 Å². The van der Waals surface area contributed by atoms with Gasteiger partial charge in [-0.25, -0.2) is 0 Å². The van der Waals surface area contributed by atoms with E-state index < -0.39 is 13.0 Å². The van der Waals surface area contributed by atoms with Crippen LogP contribution in [0, 0.1) is 0 Å². The summed E-state index contributed by atoms with van der Waals surface area (Å²) in [5, 5.41) is 21.7. The lowest BCUT2D eigenvalue weighted by Gasteiger charge is -2.10. The minimum Gasteiger partial charge on any atom is -0.423 e. The molecule has 0 fully saturated rings. The molecule has 0 atom stereocenters. The topological polar surface area (TPSA) is 69.6 Å². The van der Waals surface area contributed by atoms with E-state index in [0.717, 1.165) is 0 Å². The standard InChI is InChI=1S/C13H9BCl3NO3/c15-9-5-4-7(6-8(9)14(20)21)13(19)18-11-3-1-2-10(16)12(11)17/h1-6,20-21H,(H,18,19). The van der Waals surface area contributed by atoms with Gasteiger partial charge in [-0.3, -0.25) is 4.79 Å². The summed E-state index contributed by atoms with van der Waals surface area (Å²) in [4.78, 5) is 12.1. The number of hydrogen-bond donors (Lipinski definition) is 3. The van der Waals surface area contributed by atoms with Crippen molar-refractivity contribution in [2.24, 2.45) is 0 Å². The molecule has 2 aromatic carbocycles. The lowest BCUT2D eigenvalue weighted by Crippen LogP contribution is -2.32. The first-order chi connectivity index (χ1) is 9.90. The molecule has 0 saturated heterocycles. The highest BCUT2D eigenvalue weighted by molar-refractivity contribution is 6.62. The maximum atomic E-state index is 12.1. The molecule has 3 N–H and O–H groups in total. The highest BCUT2D eigenvalue weighted by Crippen LogP contribution is 2.29. The zero-order chi connectivity index (χ0) is 15.6. The number of halogens is 3. The van der Waals surface area contributed by atoms with Gasteiger partial charge in [0.25, 0.3) is 5.91 Å². The molecule has 0 aliphatic heterocycles. The van der Waals surface area contributed by atoms with Crippen molar-refractivity contribution in [1.82, 2.24) is 0 Å². The molecule has 0 aromatic heterocycles. The van der Waals surface area contributed by atoms with E-state index in [4.69, 9.17) is 34.8 Å². The third-order valence-electron chi connectivity index (χ3n) is 2.74. The van der Waals surface area contributed by atoms with Crippen LogP contribution in [0.25, 0.3) is 0 Å². The Hall–Kier alpha value is -1.24. The molecule has 0 spiro atoms. The number of nitrogens with one attached hydrogen (secondary N) is 1. The molecule has 2 aromatic rings. The Kier molecular flexibility index (Phi) is 5.14. The molecule has 0 unspecified atom stereocenters. The van der Waals surface area contributed by atoms with Gasteiger partial charge in [-0.05, 0) is 30.3 Å². The number of benzene rings is 2. The van der Waals surface area contributed by atoms with Crippen LogP contribution in [0.2, 0.25) is 15.1 Å². The van der Waals surface area contributed by atoms with Crippen LogP contribution in [0.3, 0.4) is 0 Å². The van der Waals surface area contributed by atoms with Gasteiger partial charge in [0.05, 0.1) is 15.7 Å². The summed E-state index contributed by atoms with van der Waals surface area (Å²) >= 11 is 17.7. The summed E-state index contributed by atoms with van der Waals surface area (Å²) in [7, 11) is -1.76. The first kappa shape index (κ1) is 16.1. The Morgan fingerprint density at radius 2 is 1.76 bits per heavy atom. The van der Waals surface area contributed by atoms with Crippen LogP contribution in [0.15, 0.2) is 36.4 Å². The average molecular weight is 344 g/mol. The minimum atomic E-state index is -1.76. The van der Waals surface area contributed by atoms with E-state index in [-0.39, 0.29) is 21.1 Å². The lowest BCUT2D eigenvalue weighted by atomic mass is 9.79. The number of carbonyl (C=O) groups excluding carboxylic acids is 1. The molecule has 0 saturated carbocycles. The molecular weight excluding hydrogens is 335 g/mol. The molecule has 2 rings (SSSR count). The van der Waals surface area contributed by atoms with E-state index in [1.807, 2.05) is 0 Å². The van der Waals surface area contributed by atoms with Crippen molar-refractivity contribution in [1.29, 1.82) is 0 Å². The Morgan fingerprint density at radius 1 is 1.05 bits per heavy atom. The van der Waals surface area contributed by atoms with Crippen molar-refractivity contribution in [3.05, 3.63) is 57.0 Å². The van der Waals surface area contributed by atoms with Crippen LogP contribution in [0.5, 0.6) is 0 Å². The van der Waals surface area contributed by atoms with E-state index in [9.17, 15) is 14.8 Å². The average Bonchev–Trinajstić information content (AvgIpc) is 2.44. The fourth-order valence-corrected chi connectivity index (χ4v) is 2.24. The van der Waals surface area contributed by atoms with E-state index in [1.165, 1.54) is 18.2 Å². The zero-order valence-electron chi connectivity index (χ0n) is 10.5. The first-order valence-electron chi connectivity index (χ1n) is 5.81. The molecule has 0 radical (unpaired) electrons. The Balaban J connectivity index is 2.29. The minimum absolute atomic E-state index is 0.0431. The predicted octanol–water partition coefficient (Wildman–Crippen LogP) is 2.58. The largest absolute Gasteiger partial charge is 0.489 e. The highest BCUT2D eigenvalue weighted by atomic mass is 35.5. The molecule has 4 nitrogen and oxygen atoms in total. The lowest BCUT2D eigenvalue weighted by molar-refractivity contribution is 0.102. The molecule has 0 aliphatic carbocycles. The van der Waals surface area contributed by atoms with Crippen molar-refractivity contribution < 1.29 is 14.8 Å². The predicted molar refractivity (Wildman–Crippen MR) is 85.7 cm³/mol. The summed E-state index contributed by atoms with van der Waals surface area (Å²) in [6.45, 7) is 0. The second-order valence-electron chi connectivity index (χ2n) is 4.17. The summed E-state index contributed by atoms with van der Waals surface area (Å²) in [6.07, 6.45) is 0. The van der Waals surface area contributed by atoms with Crippen LogP contribution in [0.4, 0.5) is 5.69 Å². The van der Waals surface area contributed by atoms with Crippen LogP contribution in [-0.4, -0.2) is 23.1 Å². The van der Waals surface area contributed by atoms with E-state index >= 15 is 0 Å². The number of amides is 1. The van der Waals surface area contributed by atoms with Gasteiger partial charge in [0, 0.05) is 16.0 Å². The monoisotopic (exact) mass is 343 g/mol. The van der Waals surface area contributed by atoms with E-state index in [2.05, 4.69) is 5.32 Å². The van der Waals surface area contributed by atoms with Gasteiger partial charge in [-0.2, -0.15) is 0 Å². The van der Waals surface area contributed by atoms with Crippen LogP contribution in [-0.2, 0) is 0 Å². The Bertz CT molecular complexity index is 694. The second-order valence-corrected chi connectivity index (χ2v) is 5.36. The van der Waals surface area contributed by atoms with E-state index in [0.29, 0.717) is 10.7 Å². The van der Waals surface area contributed by atoms with Gasteiger partial charge in [0.1, 0.15) is 0 Å². The number of carbonyl (C=O) groups is 1. The van der Waals surface area contributed by atoms with Crippen molar-refractivity contribution in [3.8, 4) is 0 Å². The number of rotatable bonds is 3. The fourth-order valence-electron chi connectivity index (χ4n) is 1.68. The molecule has 0 heterocycles. The third-order valence-corrected chi connectivity index (χ3v) is 3.90. The molecule has 108 valence electrons. The smallest absolute Gasteiger partial charge is 0.423 e. The SMILES string of the molecule is O=C(Nc1cccc(Cl)c1Cl)c1ccc(Cl)c(B(O)O)c1. The molecular formula is C13H9BCl3NO3. The van der Waals surface area contributed by atoms with Crippen molar-refractivity contribution in [3.63, 3.8) is 0 Å². The van der Waals surface area contributed by atoms with Crippen molar-refractivity contribution >= 4 is 59.0 Å². The Labute approximate surface area is 136 Å². The fraction of sp³-hybridized carbons (Fsp3) is 0. The van der Waals surface area contributed by atoms with Crippen LogP contribution < -0.4 is 10.8 Å². The molecule has 21 heavy (non-hydrogen) atoms. The quantitative estimate of drug-likeness (QED) is 0.750. The normalized spacial score (nSPS) is 10.3.